The van der Waals surface area contributed by atoms with E-state index in [-0.39, 0.29) is 0 Å². The van der Waals surface area contributed by atoms with E-state index >= 15 is 0 Å². The fraction of sp³-hybridized carbons (Fsp3) is 0.385. The third kappa shape index (κ3) is 2.46. The van der Waals surface area contributed by atoms with E-state index in [0.29, 0.717) is 13.0 Å². The van der Waals surface area contributed by atoms with Crippen LogP contribution in [0.1, 0.15) is 20.3 Å². The number of fused-ring (bicyclic) bond motifs is 1. The molecule has 1 atom stereocenters. The normalized spacial score (nSPS) is 14.3. The molecule has 1 unspecified atom stereocenters. The van der Waals surface area contributed by atoms with E-state index in [4.69, 9.17) is 0 Å². The number of nitrogens with one attached hydrogen (secondary N) is 1. The zero-order valence-corrected chi connectivity index (χ0v) is 11.3. The number of carbonyl (C=O) groups is 1. The molecule has 18 heavy (non-hydrogen) atoms. The van der Waals surface area contributed by atoms with Crippen LogP contribution in [0.2, 0.25) is 0 Å². The van der Waals surface area contributed by atoms with E-state index in [9.17, 15) is 9.90 Å². The molecule has 1 aromatic heterocycles. The lowest BCUT2D eigenvalue weighted by molar-refractivity contribution is -0.147. The maximum absolute atomic E-state index is 11.2. The van der Waals surface area contributed by atoms with Crippen LogP contribution in [0.4, 0.5) is 5.13 Å². The molecule has 0 amide bonds. The minimum absolute atomic E-state index is 0.388. The van der Waals surface area contributed by atoms with Gasteiger partial charge in [-0.05, 0) is 25.5 Å². The number of aromatic nitrogens is 1. The van der Waals surface area contributed by atoms with E-state index in [1.54, 1.807) is 18.3 Å². The lowest BCUT2D eigenvalue weighted by Crippen LogP contribution is -2.34. The van der Waals surface area contributed by atoms with Crippen molar-refractivity contribution >= 4 is 32.7 Å². The molecule has 0 aliphatic rings. The maximum atomic E-state index is 11.2. The van der Waals surface area contributed by atoms with Gasteiger partial charge in [0.1, 0.15) is 0 Å². The first-order chi connectivity index (χ1) is 8.55. The summed E-state index contributed by atoms with van der Waals surface area (Å²) in [6.45, 7) is 4.02. The zero-order chi connectivity index (χ0) is 13.2. The molecule has 1 heterocycles. The lowest BCUT2D eigenvalue weighted by atomic mass is 9.88. The molecule has 0 aliphatic carbocycles. The van der Waals surface area contributed by atoms with Gasteiger partial charge >= 0.3 is 5.97 Å². The van der Waals surface area contributed by atoms with Crippen molar-refractivity contribution in [3.63, 3.8) is 0 Å². The highest BCUT2D eigenvalue weighted by Crippen LogP contribution is 2.27. The van der Waals surface area contributed by atoms with Crippen molar-refractivity contribution < 1.29 is 9.90 Å². The first-order valence-corrected chi connectivity index (χ1v) is 6.69. The molecule has 0 saturated heterocycles. The molecular formula is C13H16N2O2S. The Balaban J connectivity index is 2.12. The highest BCUT2D eigenvalue weighted by Gasteiger charge is 2.31. The number of hydrogen-bond acceptors (Lipinski definition) is 4. The molecule has 5 heteroatoms. The van der Waals surface area contributed by atoms with Crippen LogP contribution < -0.4 is 5.32 Å². The largest absolute Gasteiger partial charge is 0.481 e. The number of aliphatic carboxylic acids is 1. The van der Waals surface area contributed by atoms with Crippen LogP contribution in [0, 0.1) is 5.41 Å². The Kier molecular flexibility index (Phi) is 3.52. The van der Waals surface area contributed by atoms with E-state index in [1.807, 2.05) is 31.2 Å². The van der Waals surface area contributed by atoms with E-state index in [0.717, 1.165) is 15.3 Å². The minimum Gasteiger partial charge on any atom is -0.481 e. The molecule has 0 saturated carbocycles. The number of nitrogens with zero attached hydrogens (tertiary/aromatic N) is 1. The van der Waals surface area contributed by atoms with Gasteiger partial charge < -0.3 is 10.4 Å². The van der Waals surface area contributed by atoms with Crippen LogP contribution in [0.15, 0.2) is 24.3 Å². The van der Waals surface area contributed by atoms with Gasteiger partial charge in [-0.3, -0.25) is 4.79 Å². The summed E-state index contributed by atoms with van der Waals surface area (Å²) < 4.78 is 1.11. The number of hydrogen-bond donors (Lipinski definition) is 2. The van der Waals surface area contributed by atoms with Crippen LogP contribution in [-0.4, -0.2) is 22.6 Å². The summed E-state index contributed by atoms with van der Waals surface area (Å²) in [5.74, 6) is -0.779. The van der Waals surface area contributed by atoms with Crippen LogP contribution in [-0.2, 0) is 4.79 Å². The van der Waals surface area contributed by atoms with E-state index < -0.39 is 11.4 Å². The highest BCUT2D eigenvalue weighted by molar-refractivity contribution is 7.22. The number of benzene rings is 1. The molecule has 2 aromatic rings. The molecule has 2 rings (SSSR count). The van der Waals surface area contributed by atoms with Gasteiger partial charge in [-0.1, -0.05) is 30.4 Å². The summed E-state index contributed by atoms with van der Waals surface area (Å²) in [7, 11) is 0. The molecule has 96 valence electrons. The van der Waals surface area contributed by atoms with Crippen molar-refractivity contribution in [2.24, 2.45) is 5.41 Å². The van der Waals surface area contributed by atoms with Gasteiger partial charge in [0, 0.05) is 6.54 Å². The lowest BCUT2D eigenvalue weighted by Gasteiger charge is -2.22. The molecule has 0 spiro atoms. The number of rotatable bonds is 5. The van der Waals surface area contributed by atoms with Crippen molar-refractivity contribution in [1.82, 2.24) is 4.98 Å². The number of thiazole rings is 1. The van der Waals surface area contributed by atoms with Gasteiger partial charge in [0.2, 0.25) is 0 Å². The third-order valence-electron chi connectivity index (χ3n) is 3.22. The molecule has 1 aromatic carbocycles. The molecule has 2 N–H and O–H groups in total. The summed E-state index contributed by atoms with van der Waals surface area (Å²) in [5.41, 5.74) is 0.191. The van der Waals surface area contributed by atoms with E-state index in [1.165, 1.54) is 0 Å². The highest BCUT2D eigenvalue weighted by atomic mass is 32.1. The van der Waals surface area contributed by atoms with Crippen molar-refractivity contribution in [1.29, 1.82) is 0 Å². The first kappa shape index (κ1) is 12.8. The fourth-order valence-corrected chi connectivity index (χ4v) is 2.43. The summed E-state index contributed by atoms with van der Waals surface area (Å²) in [4.78, 5) is 15.6. The van der Waals surface area contributed by atoms with Gasteiger partial charge in [0.05, 0.1) is 15.6 Å². The topological polar surface area (TPSA) is 62.2 Å². The number of carboxylic acid groups (broad SMARTS) is 1. The van der Waals surface area contributed by atoms with Crippen LogP contribution in [0.3, 0.4) is 0 Å². The third-order valence-corrected chi connectivity index (χ3v) is 4.21. The average molecular weight is 264 g/mol. The summed E-state index contributed by atoms with van der Waals surface area (Å²) in [5, 5.41) is 13.1. The van der Waals surface area contributed by atoms with Gasteiger partial charge in [-0.15, -0.1) is 0 Å². The molecule has 0 aliphatic heterocycles. The maximum Gasteiger partial charge on any atom is 0.311 e. The predicted molar refractivity (Wildman–Crippen MR) is 74.1 cm³/mol. The predicted octanol–water partition coefficient (Wildman–Crippen LogP) is 3.21. The average Bonchev–Trinajstić information content (AvgIpc) is 2.78. The molecule has 4 nitrogen and oxygen atoms in total. The Morgan fingerprint density at radius 1 is 1.50 bits per heavy atom. The second kappa shape index (κ2) is 4.94. The number of carboxylic acids is 1. The summed E-state index contributed by atoms with van der Waals surface area (Å²) >= 11 is 1.55. The van der Waals surface area contributed by atoms with Gasteiger partial charge in [-0.2, -0.15) is 0 Å². The molecule has 0 bridgehead atoms. The van der Waals surface area contributed by atoms with E-state index in [2.05, 4.69) is 10.3 Å². The molecular weight excluding hydrogens is 248 g/mol. The van der Waals surface area contributed by atoms with Crippen LogP contribution in [0.5, 0.6) is 0 Å². The quantitative estimate of drug-likeness (QED) is 0.870. The number of anilines is 1. The molecule has 0 fully saturated rings. The van der Waals surface area contributed by atoms with Crippen molar-refractivity contribution in [2.45, 2.75) is 20.3 Å². The number of para-hydroxylation sites is 1. The SMILES string of the molecule is CCC(C)(CNc1nc2ccccc2s1)C(=O)O. The Labute approximate surface area is 110 Å². The van der Waals surface area contributed by atoms with Gasteiger partial charge in [-0.25, -0.2) is 4.98 Å². The Morgan fingerprint density at radius 2 is 2.22 bits per heavy atom. The standard InChI is InChI=1S/C13H16N2O2S/c1-3-13(2,11(16)17)8-14-12-15-9-6-4-5-7-10(9)18-12/h4-7H,3,8H2,1-2H3,(H,14,15)(H,16,17). The minimum atomic E-state index is -0.779. The zero-order valence-electron chi connectivity index (χ0n) is 10.4. The van der Waals surface area contributed by atoms with Crippen molar-refractivity contribution in [3.05, 3.63) is 24.3 Å². The second-order valence-corrected chi connectivity index (χ2v) is 5.59. The monoisotopic (exact) mass is 264 g/mol. The van der Waals surface area contributed by atoms with Gasteiger partial charge in [0.25, 0.3) is 0 Å². The summed E-state index contributed by atoms with van der Waals surface area (Å²) in [6.07, 6.45) is 0.584. The fourth-order valence-electron chi connectivity index (χ4n) is 1.57. The van der Waals surface area contributed by atoms with Crippen LogP contribution in [0.25, 0.3) is 10.2 Å². The van der Waals surface area contributed by atoms with Gasteiger partial charge in [0.15, 0.2) is 5.13 Å². The van der Waals surface area contributed by atoms with Crippen molar-refractivity contribution in [3.8, 4) is 0 Å². The summed E-state index contributed by atoms with van der Waals surface area (Å²) in [6, 6.07) is 7.87. The van der Waals surface area contributed by atoms with Crippen molar-refractivity contribution in [2.75, 3.05) is 11.9 Å². The second-order valence-electron chi connectivity index (χ2n) is 4.56. The smallest absolute Gasteiger partial charge is 0.311 e. The van der Waals surface area contributed by atoms with Crippen LogP contribution >= 0.6 is 11.3 Å². The Morgan fingerprint density at radius 3 is 2.83 bits per heavy atom. The first-order valence-electron chi connectivity index (χ1n) is 5.88. The molecule has 0 radical (unpaired) electrons. The Hall–Kier alpha value is -1.62. The Bertz CT molecular complexity index is 534.